The molecule has 8 aliphatic rings. The van der Waals surface area contributed by atoms with Crippen LogP contribution in [0.1, 0.15) is 280 Å². The van der Waals surface area contributed by atoms with Crippen molar-refractivity contribution < 1.29 is 47.5 Å². The monoisotopic (exact) mass is 1810 g/mol. The van der Waals surface area contributed by atoms with E-state index < -0.39 is 44.7 Å². The number of methoxy groups -OCH3 is 1. The summed E-state index contributed by atoms with van der Waals surface area (Å²) in [6.45, 7) is 8.15. The first-order chi connectivity index (χ1) is 60.0. The number of Topliss-reactive ketones (excluding diaryl/α,β-unsaturated/α-hetero) is 8. The molecule has 124 heavy (non-hydrogen) atoms. The largest absolute Gasteiger partial charge is 0.497 e. The molecule has 8 aromatic rings. The van der Waals surface area contributed by atoms with E-state index in [1.165, 1.54) is 39.3 Å². The van der Waals surface area contributed by atoms with Crippen LogP contribution in [0.4, 0.5) is 4.39 Å². The number of nitrogens with zero attached hydrogens (tertiary/aromatic N) is 5. The van der Waals surface area contributed by atoms with Gasteiger partial charge in [0.2, 0.25) is 5.95 Å². The van der Waals surface area contributed by atoms with Crippen molar-refractivity contribution in [1.29, 1.82) is 0 Å². The number of hydrogen-bond donors (Lipinski definition) is 8. The average Bonchev–Trinajstić information content (AvgIpc) is 1.46. The molecule has 0 saturated heterocycles. The Morgan fingerprint density at radius 3 is 1.23 bits per heavy atom. The molecule has 8 N–H and O–H groups in total. The number of halogens is 2. The van der Waals surface area contributed by atoms with Crippen molar-refractivity contribution in [3.8, 4) is 5.75 Å². The number of ketones is 8. The number of thiazole rings is 4. The molecule has 29 heteroatoms. The van der Waals surface area contributed by atoms with Gasteiger partial charge in [0.25, 0.3) is 0 Å². The molecule has 8 atom stereocenters. The molecule has 0 bridgehead atoms. The maximum absolute atomic E-state index is 13.4. The van der Waals surface area contributed by atoms with Crippen molar-refractivity contribution in [2.75, 3.05) is 62.5 Å². The Morgan fingerprint density at radius 2 is 0.839 bits per heavy atom. The Balaban J connectivity index is 0.000000161. The number of ether oxygens (including phenoxy) is 1. The van der Waals surface area contributed by atoms with E-state index >= 15 is 0 Å². The summed E-state index contributed by atoms with van der Waals surface area (Å²) in [4.78, 5) is 119. The van der Waals surface area contributed by atoms with Gasteiger partial charge in [-0.25, -0.2) is 15.0 Å². The molecule has 0 radical (unpaired) electrons. The third-order valence-corrected chi connectivity index (χ3v) is 31.1. The third-order valence-electron chi connectivity index (χ3n) is 26.2. The fourth-order valence-corrected chi connectivity index (χ4v) is 23.7. The topological polar surface area (TPSA) is 306 Å². The molecular weight excluding hydrogens is 1680 g/mol. The molecule has 8 fully saturated rings. The second-order valence-corrected chi connectivity index (χ2v) is 37.7. The van der Waals surface area contributed by atoms with E-state index in [4.69, 9.17) is 16.3 Å². The van der Waals surface area contributed by atoms with E-state index in [9.17, 15) is 42.7 Å². The van der Waals surface area contributed by atoms with Crippen molar-refractivity contribution in [2.45, 2.75) is 283 Å². The number of pyridine rings is 1. The Morgan fingerprint density at radius 1 is 0.403 bits per heavy atom. The number of thiophene rings is 1. The summed E-state index contributed by atoms with van der Waals surface area (Å²) < 4.78 is 18.6. The fraction of sp³-hybridized carbons (Fsp3) is 0.568. The van der Waals surface area contributed by atoms with Gasteiger partial charge in [0.1, 0.15) is 60.2 Å². The number of hydrogen-bond acceptors (Lipinski definition) is 27. The number of nitrogens with one attached hydrogen (secondary N) is 8. The molecule has 2 aromatic carbocycles. The van der Waals surface area contributed by atoms with E-state index in [1.807, 2.05) is 101 Å². The second-order valence-electron chi connectivity index (χ2n) is 33.1. The zero-order valence-corrected chi connectivity index (χ0v) is 79.1. The smallest absolute Gasteiger partial charge is 0.229 e. The number of carbonyl (C=O) groups excluding carboxylic acids is 8. The number of rotatable bonds is 21. The lowest BCUT2D eigenvalue weighted by molar-refractivity contribution is -0.128. The van der Waals surface area contributed by atoms with E-state index in [0.717, 1.165) is 217 Å². The van der Waals surface area contributed by atoms with Crippen molar-refractivity contribution in [2.24, 2.45) is 0 Å². The molecule has 0 spiro atoms. The molecule has 22 nitrogen and oxygen atoms in total. The number of benzene rings is 2. The van der Waals surface area contributed by atoms with Gasteiger partial charge >= 0.3 is 0 Å². The quantitative estimate of drug-likeness (QED) is 0.0331. The van der Waals surface area contributed by atoms with Crippen molar-refractivity contribution in [3.63, 3.8) is 0 Å². The Kier molecular flexibility index (Phi) is 39.7. The number of likely N-dealkylation sites (N-methyl/N-ethyl adjacent to an activating group) is 6. The van der Waals surface area contributed by atoms with Crippen molar-refractivity contribution in [3.05, 3.63) is 183 Å². The molecule has 6 aromatic heterocycles. The number of aryl methyl sites for hydroxylation is 1. The highest BCUT2D eigenvalue weighted by molar-refractivity contribution is 7.11. The van der Waals surface area contributed by atoms with Gasteiger partial charge in [-0.05, 0) is 241 Å². The van der Waals surface area contributed by atoms with Gasteiger partial charge in [-0.1, -0.05) is 119 Å². The minimum Gasteiger partial charge on any atom is -0.497 e. The van der Waals surface area contributed by atoms with Crippen LogP contribution >= 0.6 is 68.3 Å². The Labute approximate surface area is 758 Å². The molecule has 674 valence electrons. The van der Waals surface area contributed by atoms with E-state index in [1.54, 1.807) is 77.8 Å². The van der Waals surface area contributed by atoms with E-state index in [2.05, 4.69) is 112 Å². The van der Waals surface area contributed by atoms with Crippen LogP contribution in [0.2, 0.25) is 5.15 Å². The molecule has 8 saturated carbocycles. The average molecular weight is 1810 g/mol. The summed E-state index contributed by atoms with van der Waals surface area (Å²) in [5.74, 6) is 2.60. The molecule has 16 rings (SSSR count). The molecular formula is C95H131ClFN13O9S5. The summed E-state index contributed by atoms with van der Waals surface area (Å²) in [5.41, 5.74) is 6.51. The Bertz CT molecular complexity index is 4450. The first-order valence-corrected chi connectivity index (χ1v) is 49.4. The fourth-order valence-electron chi connectivity index (χ4n) is 18.9. The maximum Gasteiger partial charge on any atom is 0.229 e. The number of carbonyl (C=O) groups is 8. The standard InChI is InChI=1S/C16H23NO2.C16H23NO.C12H16N2O.C11H15NOS.C10H13ClN2OS.C10H13FN2OS.2C10H14N2OS/c1-3-12-17-16(11-5-4-6-15(16)18)13-7-9-14(19-2)10-8-13;1-3-12-17-16(11-7-6-10-15(16)18)14-9-5-4-8-13(14)2;1-13-12(7-3-2-6-11(12)15)10-5-4-8-14-9-10;1-12-11(9-5-7-14-8-9)6-3-2-4-10(11)13;2*1-12-10(5-3-2-4-7(10)14)8-9(11)13-6-15-8;1-11-10(9-6-12-7-14-9)5-3-2-4-8(10)13;1-11-10(9-12-6-7-14-9)5-3-2-4-8(10)13/h7-10,17H,3-6,11-12H2,1-2H3;4-5,8-9,17H,3,6-7,10-12H2,1-2H3;4-5,8-9,13H,2-3,6-7H2,1H3;5,7-8,12H,2-4,6H2,1H3;2*6,12H,2-5H2,1H3;2*6-7,11H,2-5H2,1H3/t2*16-;12-;11-;4*10-/m11110000/s1. The first kappa shape index (κ1) is 101. The van der Waals surface area contributed by atoms with Crippen LogP contribution in [-0.4, -0.2) is 134 Å². The molecule has 6 heterocycles. The minimum atomic E-state index is -0.816. The SMILES string of the molecule is CCCN[C@@]1(c2ccc(OC)cc2)CCCCC1=O.CCCN[C@@]1(c2ccccc2C)CCCCC1=O.CN[C@@]1(c2cccnc2)CCCCC1=O.CN[C@@]1(c2ccsc2)CCCCC1=O.CN[C@@]1(c2cncs2)CCCCC1=O.CN[C@@]1(c2nccs2)CCCCC1=O.CN[C@@]1(c2scnc2Cl)CCCCC1=O.CN[C@@]1(c2scnc2F)CCCCC1=O. The van der Waals surface area contributed by atoms with Gasteiger partial charge in [0, 0.05) is 81.5 Å². The van der Waals surface area contributed by atoms with E-state index in [-0.39, 0.29) is 17.1 Å². The molecule has 0 amide bonds. The van der Waals surface area contributed by atoms with Crippen LogP contribution in [0.5, 0.6) is 5.75 Å². The number of aromatic nitrogens is 5. The lowest BCUT2D eigenvalue weighted by atomic mass is 9.74. The summed E-state index contributed by atoms with van der Waals surface area (Å²) in [7, 11) is 12.7. The first-order valence-electron chi connectivity index (χ1n) is 44.5. The highest BCUT2D eigenvalue weighted by Crippen LogP contribution is 2.44. The van der Waals surface area contributed by atoms with Crippen LogP contribution in [0, 0.1) is 12.9 Å². The minimum absolute atomic E-state index is 0.0828. The van der Waals surface area contributed by atoms with Crippen molar-refractivity contribution >= 4 is 115 Å². The van der Waals surface area contributed by atoms with Gasteiger partial charge in [-0.15, -0.1) is 45.3 Å². The van der Waals surface area contributed by atoms with Crippen LogP contribution in [0.25, 0.3) is 0 Å². The summed E-state index contributed by atoms with van der Waals surface area (Å²) in [5, 5.41) is 33.4. The van der Waals surface area contributed by atoms with Gasteiger partial charge < -0.3 is 47.3 Å². The normalized spacial score (nSPS) is 26.3. The lowest BCUT2D eigenvalue weighted by Crippen LogP contribution is -2.51. The Hall–Kier alpha value is -7.13. The summed E-state index contributed by atoms with van der Waals surface area (Å²) in [6.07, 6.45) is 38.2. The predicted molar refractivity (Wildman–Crippen MR) is 498 cm³/mol. The molecule has 8 aliphatic carbocycles. The van der Waals surface area contributed by atoms with Gasteiger partial charge in [0.05, 0.1) is 38.3 Å². The maximum atomic E-state index is 13.4. The predicted octanol–water partition coefficient (Wildman–Crippen LogP) is 17.9. The van der Waals surface area contributed by atoms with Crippen LogP contribution < -0.4 is 47.3 Å². The van der Waals surface area contributed by atoms with Gasteiger partial charge in [0.15, 0.2) is 46.3 Å². The van der Waals surface area contributed by atoms with Crippen LogP contribution in [0.15, 0.2) is 124 Å². The molecule has 0 aliphatic heterocycles. The zero-order chi connectivity index (χ0) is 89.3. The van der Waals surface area contributed by atoms with Gasteiger partial charge in [-0.2, -0.15) is 15.7 Å². The summed E-state index contributed by atoms with van der Waals surface area (Å²) >= 11 is 13.5. The zero-order valence-electron chi connectivity index (χ0n) is 74.3. The third kappa shape index (κ3) is 23.3. The van der Waals surface area contributed by atoms with Crippen LogP contribution in [-0.2, 0) is 82.7 Å². The summed E-state index contributed by atoms with van der Waals surface area (Å²) in [6, 6.07) is 22.1. The lowest BCUT2D eigenvalue weighted by Gasteiger charge is -2.38. The van der Waals surface area contributed by atoms with Crippen molar-refractivity contribution in [1.82, 2.24) is 67.5 Å². The highest BCUT2D eigenvalue weighted by atomic mass is 35.5. The van der Waals surface area contributed by atoms with Crippen LogP contribution in [0.3, 0.4) is 0 Å². The van der Waals surface area contributed by atoms with Gasteiger partial charge in [-0.3, -0.25) is 48.3 Å². The molecule has 0 unspecified atom stereocenters. The highest BCUT2D eigenvalue weighted by Gasteiger charge is 2.49. The second kappa shape index (κ2) is 48.9. The van der Waals surface area contributed by atoms with E-state index in [0.29, 0.717) is 96.1 Å².